The van der Waals surface area contributed by atoms with Gasteiger partial charge in [-0.15, -0.1) is 0 Å². The van der Waals surface area contributed by atoms with Crippen molar-refractivity contribution in [2.24, 2.45) is 11.3 Å². The number of ether oxygens (including phenoxy) is 2. The van der Waals surface area contributed by atoms with E-state index in [1.54, 1.807) is 17.3 Å². The molecular formula is C30H39N3O5. The highest BCUT2D eigenvalue weighted by Gasteiger charge is 2.48. The summed E-state index contributed by atoms with van der Waals surface area (Å²) in [5, 5.41) is 10.5. The van der Waals surface area contributed by atoms with E-state index < -0.39 is 11.9 Å². The Kier molecular flexibility index (Phi) is 8.72. The summed E-state index contributed by atoms with van der Waals surface area (Å²) in [6, 6.07) is 9.07. The molecule has 0 radical (unpaired) electrons. The molecule has 1 saturated heterocycles. The van der Waals surface area contributed by atoms with Crippen molar-refractivity contribution < 1.29 is 24.2 Å². The second-order valence-electron chi connectivity index (χ2n) is 10.9. The highest BCUT2D eigenvalue weighted by molar-refractivity contribution is 5.94. The molecular weight excluding hydrogens is 482 g/mol. The predicted molar refractivity (Wildman–Crippen MR) is 147 cm³/mol. The van der Waals surface area contributed by atoms with Crippen molar-refractivity contribution in [3.63, 3.8) is 0 Å². The molecule has 1 aromatic heterocycles. The molecule has 1 fully saturated rings. The minimum absolute atomic E-state index is 0.0456. The molecule has 1 amide bonds. The fourth-order valence-electron chi connectivity index (χ4n) is 5.77. The van der Waals surface area contributed by atoms with Crippen molar-refractivity contribution in [2.45, 2.75) is 58.9 Å². The number of aliphatic carboxylic acids is 1. The van der Waals surface area contributed by atoms with Gasteiger partial charge >= 0.3 is 5.97 Å². The molecule has 2 aromatic rings. The number of hydrogen-bond acceptors (Lipinski definition) is 6. The molecule has 4 rings (SSSR count). The molecule has 0 unspecified atom stereocenters. The highest BCUT2D eigenvalue weighted by Crippen LogP contribution is 2.45. The van der Waals surface area contributed by atoms with Crippen LogP contribution in [0.25, 0.3) is 0 Å². The number of fused-ring (bicyclic) bond motifs is 1. The van der Waals surface area contributed by atoms with Gasteiger partial charge in [-0.1, -0.05) is 45.4 Å². The molecule has 1 N–H and O–H groups in total. The lowest BCUT2D eigenvalue weighted by Gasteiger charge is -2.34. The number of carbonyl (C=O) groups is 2. The molecule has 8 nitrogen and oxygen atoms in total. The van der Waals surface area contributed by atoms with Crippen LogP contribution in [0.1, 0.15) is 58.4 Å². The van der Waals surface area contributed by atoms with Crippen molar-refractivity contribution in [2.75, 3.05) is 31.3 Å². The summed E-state index contributed by atoms with van der Waals surface area (Å²) < 4.78 is 11.1. The summed E-state index contributed by atoms with van der Waals surface area (Å²) in [5.41, 5.74) is 1.42. The van der Waals surface area contributed by atoms with E-state index >= 15 is 0 Å². The minimum Gasteiger partial charge on any atom is -0.481 e. The van der Waals surface area contributed by atoms with Crippen molar-refractivity contribution in [3.05, 3.63) is 60.4 Å². The zero-order chi connectivity index (χ0) is 27.3. The summed E-state index contributed by atoms with van der Waals surface area (Å²) in [7, 11) is 0. The number of hydrogen-bond donors (Lipinski definition) is 1. The Morgan fingerprint density at radius 3 is 2.71 bits per heavy atom. The van der Waals surface area contributed by atoms with E-state index in [0.29, 0.717) is 31.0 Å². The first-order valence-corrected chi connectivity index (χ1v) is 13.4. The lowest BCUT2D eigenvalue weighted by Crippen LogP contribution is -2.45. The minimum atomic E-state index is -0.848. The zero-order valence-corrected chi connectivity index (χ0v) is 22.8. The van der Waals surface area contributed by atoms with E-state index in [9.17, 15) is 14.7 Å². The lowest BCUT2D eigenvalue weighted by molar-refractivity contribution is -0.143. The molecule has 0 saturated carbocycles. The number of carboxylic acids is 1. The Balaban J connectivity index is 1.67. The highest BCUT2D eigenvalue weighted by atomic mass is 16.7. The Morgan fingerprint density at radius 1 is 1.24 bits per heavy atom. The number of carboxylic acid groups (broad SMARTS) is 1. The third-order valence-electron chi connectivity index (χ3n) is 7.54. The van der Waals surface area contributed by atoms with Crippen molar-refractivity contribution in [3.8, 4) is 11.5 Å². The molecule has 2 aliphatic rings. The van der Waals surface area contributed by atoms with Crippen LogP contribution in [0.5, 0.6) is 11.5 Å². The van der Waals surface area contributed by atoms with Crippen LogP contribution in [0.2, 0.25) is 0 Å². The summed E-state index contributed by atoms with van der Waals surface area (Å²) in [6.07, 6.45) is 9.97. The molecule has 0 bridgehead atoms. The van der Waals surface area contributed by atoms with Crippen LogP contribution >= 0.6 is 0 Å². The fourth-order valence-corrected chi connectivity index (χ4v) is 5.77. The van der Waals surface area contributed by atoms with E-state index in [1.165, 1.54) is 0 Å². The van der Waals surface area contributed by atoms with E-state index in [0.717, 1.165) is 24.1 Å². The van der Waals surface area contributed by atoms with Gasteiger partial charge in [-0.25, -0.2) is 0 Å². The van der Waals surface area contributed by atoms with Crippen LogP contribution in [0, 0.1) is 11.3 Å². The fraction of sp³-hybridized carbons (Fsp3) is 0.500. The molecule has 38 heavy (non-hydrogen) atoms. The van der Waals surface area contributed by atoms with E-state index in [-0.39, 0.29) is 36.6 Å². The van der Waals surface area contributed by atoms with E-state index in [1.807, 2.05) is 43.3 Å². The number of benzene rings is 1. The number of carbonyl (C=O) groups excluding carboxylic acids is 1. The van der Waals surface area contributed by atoms with Gasteiger partial charge in [0.25, 0.3) is 0 Å². The van der Waals surface area contributed by atoms with Crippen LogP contribution in [-0.4, -0.2) is 59.3 Å². The number of unbranched alkanes of at least 4 members (excludes halogenated alkanes) is 1. The van der Waals surface area contributed by atoms with Crippen LogP contribution in [0.4, 0.5) is 5.69 Å². The average molecular weight is 522 g/mol. The SMILES string of the molecule is C/C=C/C(C)(C)C[C@H]1[C@H](C(=O)O)[C@@H](c2ccc3c(c2)OCO3)CN1CC(=O)N(CCCC)c1cccnc1. The molecule has 3 atom stereocenters. The van der Waals surface area contributed by atoms with Gasteiger partial charge in [-0.05, 0) is 55.0 Å². The molecule has 3 heterocycles. The second-order valence-corrected chi connectivity index (χ2v) is 10.9. The second kappa shape index (κ2) is 12.0. The molecule has 204 valence electrons. The van der Waals surface area contributed by atoms with E-state index in [4.69, 9.17) is 9.47 Å². The summed E-state index contributed by atoms with van der Waals surface area (Å²) in [5.74, 6) is -0.553. The predicted octanol–water partition coefficient (Wildman–Crippen LogP) is 5.10. The summed E-state index contributed by atoms with van der Waals surface area (Å²) in [4.78, 5) is 34.6. The van der Waals surface area contributed by atoms with Gasteiger partial charge in [0, 0.05) is 31.2 Å². The average Bonchev–Trinajstić information content (AvgIpc) is 3.49. The normalized spacial score (nSPS) is 21.2. The number of pyridine rings is 1. The number of likely N-dealkylation sites (tertiary alicyclic amines) is 1. The molecule has 0 aliphatic carbocycles. The van der Waals surface area contributed by atoms with Gasteiger partial charge in [0.2, 0.25) is 12.7 Å². The van der Waals surface area contributed by atoms with Crippen LogP contribution in [-0.2, 0) is 9.59 Å². The number of allylic oxidation sites excluding steroid dienone is 2. The number of aromatic nitrogens is 1. The first kappa shape index (κ1) is 27.6. The van der Waals surface area contributed by atoms with Crippen molar-refractivity contribution in [1.82, 2.24) is 9.88 Å². The Bertz CT molecular complexity index is 1150. The van der Waals surface area contributed by atoms with Crippen LogP contribution < -0.4 is 14.4 Å². The number of anilines is 1. The van der Waals surface area contributed by atoms with Crippen molar-refractivity contribution in [1.29, 1.82) is 0 Å². The van der Waals surface area contributed by atoms with E-state index in [2.05, 4.69) is 36.7 Å². The largest absolute Gasteiger partial charge is 0.481 e. The van der Waals surface area contributed by atoms with Gasteiger partial charge < -0.3 is 19.5 Å². The van der Waals surface area contributed by atoms with Crippen LogP contribution in [0.3, 0.4) is 0 Å². The zero-order valence-electron chi connectivity index (χ0n) is 22.8. The maximum atomic E-state index is 13.8. The Morgan fingerprint density at radius 2 is 2.03 bits per heavy atom. The third kappa shape index (κ3) is 6.18. The summed E-state index contributed by atoms with van der Waals surface area (Å²) in [6.45, 7) is 9.66. The van der Waals surface area contributed by atoms with Gasteiger partial charge in [0.05, 0.1) is 24.3 Å². The smallest absolute Gasteiger partial charge is 0.308 e. The maximum absolute atomic E-state index is 13.8. The topological polar surface area (TPSA) is 92.2 Å². The summed E-state index contributed by atoms with van der Waals surface area (Å²) >= 11 is 0. The number of rotatable bonds is 11. The van der Waals surface area contributed by atoms with Crippen LogP contribution in [0.15, 0.2) is 54.9 Å². The molecule has 2 aliphatic heterocycles. The van der Waals surface area contributed by atoms with Crippen molar-refractivity contribution >= 4 is 17.6 Å². The van der Waals surface area contributed by atoms with Gasteiger partial charge in [0.1, 0.15) is 0 Å². The molecule has 8 heteroatoms. The monoisotopic (exact) mass is 521 g/mol. The Hall–Kier alpha value is -3.39. The standard InChI is InChI=1S/C30H39N3O5/c1-5-7-14-33(22-9-8-13-31-17-22)27(34)19-32-18-23(21-10-11-25-26(15-21)38-20-37-25)28(29(35)36)24(32)16-30(3,4)12-6-2/h6,8-13,15,17,23-24,28H,5,7,14,16,18-20H2,1-4H3,(H,35,36)/b12-6+/t23-,24+,28-/m1/s1. The quantitative estimate of drug-likeness (QED) is 0.411. The Labute approximate surface area is 225 Å². The van der Waals surface area contributed by atoms with Gasteiger partial charge in [-0.3, -0.25) is 19.5 Å². The number of nitrogens with zero attached hydrogens (tertiary/aromatic N) is 3. The maximum Gasteiger partial charge on any atom is 0.308 e. The van der Waals surface area contributed by atoms with Gasteiger partial charge in [-0.2, -0.15) is 0 Å². The first-order valence-electron chi connectivity index (χ1n) is 13.4. The molecule has 0 spiro atoms. The van der Waals surface area contributed by atoms with Gasteiger partial charge in [0.15, 0.2) is 11.5 Å². The number of amides is 1. The first-order chi connectivity index (χ1) is 18.2. The molecule has 1 aromatic carbocycles. The third-order valence-corrected chi connectivity index (χ3v) is 7.54. The lowest BCUT2D eigenvalue weighted by atomic mass is 9.77.